The zero-order chi connectivity index (χ0) is 13.2. The van der Waals surface area contributed by atoms with Crippen LogP contribution in [0.5, 0.6) is 0 Å². The number of nitrogens with one attached hydrogen (secondary N) is 1. The van der Waals surface area contributed by atoms with E-state index in [1.54, 1.807) is 36.7 Å². The second-order valence-corrected chi connectivity index (χ2v) is 3.65. The Bertz CT molecular complexity index is 461. The van der Waals surface area contributed by atoms with Gasteiger partial charge in [-0.05, 0) is 36.5 Å². The number of rotatable bonds is 1. The van der Waals surface area contributed by atoms with Gasteiger partial charge in [-0.25, -0.2) is 0 Å². The molecule has 1 aromatic carbocycles. The van der Waals surface area contributed by atoms with Crippen LogP contribution in [0.4, 0.5) is 0 Å². The molecule has 0 unspecified atom stereocenters. The summed E-state index contributed by atoms with van der Waals surface area (Å²) >= 11 is 4.52. The standard InChI is InChI=1S/C8H8N2OS.C5H5N/c9-8(12)10-7(11)6-4-2-1-3-5-6;1-2-4-6-5-3-1/h1-5H,(H3,9,10,11,12);1-5H. The molecule has 0 atom stereocenters. The molecule has 0 aliphatic rings. The van der Waals surface area contributed by atoms with Gasteiger partial charge in [0.05, 0.1) is 0 Å². The van der Waals surface area contributed by atoms with Crippen molar-refractivity contribution < 1.29 is 4.79 Å². The summed E-state index contributed by atoms with van der Waals surface area (Å²) in [4.78, 5) is 15.0. The first-order chi connectivity index (χ1) is 8.70. The molecule has 5 heteroatoms. The number of hydrogen-bond donors (Lipinski definition) is 2. The first-order valence-electron chi connectivity index (χ1n) is 5.21. The molecular weight excluding hydrogens is 246 g/mol. The molecular formula is C13H13N3OS. The quantitative estimate of drug-likeness (QED) is 0.765. The van der Waals surface area contributed by atoms with Gasteiger partial charge in [0.2, 0.25) is 0 Å². The van der Waals surface area contributed by atoms with E-state index in [2.05, 4.69) is 22.5 Å². The van der Waals surface area contributed by atoms with Crippen molar-refractivity contribution in [1.29, 1.82) is 0 Å². The maximum absolute atomic E-state index is 11.2. The van der Waals surface area contributed by atoms with Gasteiger partial charge in [0, 0.05) is 18.0 Å². The molecule has 0 aliphatic heterocycles. The summed E-state index contributed by atoms with van der Waals surface area (Å²) < 4.78 is 0. The van der Waals surface area contributed by atoms with Crippen LogP contribution >= 0.6 is 12.2 Å². The molecule has 0 fully saturated rings. The summed E-state index contributed by atoms with van der Waals surface area (Å²) in [5.41, 5.74) is 5.68. The zero-order valence-electron chi connectivity index (χ0n) is 9.61. The molecule has 1 amide bonds. The number of hydrogen-bond acceptors (Lipinski definition) is 3. The van der Waals surface area contributed by atoms with E-state index in [1.807, 2.05) is 24.3 Å². The predicted molar refractivity (Wildman–Crippen MR) is 74.9 cm³/mol. The fraction of sp³-hybridized carbons (Fsp3) is 0. The summed E-state index contributed by atoms with van der Waals surface area (Å²) in [6, 6.07) is 14.5. The monoisotopic (exact) mass is 259 g/mol. The van der Waals surface area contributed by atoms with Gasteiger partial charge in [-0.15, -0.1) is 0 Å². The van der Waals surface area contributed by atoms with Crippen molar-refractivity contribution in [3.05, 3.63) is 66.5 Å². The predicted octanol–water partition coefficient (Wildman–Crippen LogP) is 1.74. The Morgan fingerprint density at radius 3 is 2.00 bits per heavy atom. The topological polar surface area (TPSA) is 68.0 Å². The lowest BCUT2D eigenvalue weighted by molar-refractivity contribution is 0.0977. The number of benzene rings is 1. The molecule has 1 heterocycles. The normalized spacial score (nSPS) is 8.67. The first kappa shape index (κ1) is 13.8. The molecule has 18 heavy (non-hydrogen) atoms. The minimum atomic E-state index is -0.275. The van der Waals surface area contributed by atoms with Gasteiger partial charge < -0.3 is 5.73 Å². The first-order valence-corrected chi connectivity index (χ1v) is 5.62. The number of carbonyl (C=O) groups is 1. The third-order valence-electron chi connectivity index (χ3n) is 1.84. The molecule has 0 spiro atoms. The molecule has 1 aromatic heterocycles. The minimum Gasteiger partial charge on any atom is -0.376 e. The van der Waals surface area contributed by atoms with Crippen molar-refractivity contribution in [1.82, 2.24) is 10.3 Å². The zero-order valence-corrected chi connectivity index (χ0v) is 10.4. The maximum Gasteiger partial charge on any atom is 0.257 e. The average molecular weight is 259 g/mol. The molecule has 2 aromatic rings. The van der Waals surface area contributed by atoms with Gasteiger partial charge in [-0.1, -0.05) is 24.3 Å². The fourth-order valence-electron chi connectivity index (χ4n) is 1.09. The van der Waals surface area contributed by atoms with Crippen molar-refractivity contribution in [2.24, 2.45) is 5.73 Å². The fourth-order valence-corrected chi connectivity index (χ4v) is 1.18. The largest absolute Gasteiger partial charge is 0.376 e. The van der Waals surface area contributed by atoms with Gasteiger partial charge in [0.1, 0.15) is 0 Å². The second-order valence-electron chi connectivity index (χ2n) is 3.21. The van der Waals surface area contributed by atoms with E-state index in [-0.39, 0.29) is 11.0 Å². The van der Waals surface area contributed by atoms with E-state index >= 15 is 0 Å². The van der Waals surface area contributed by atoms with Crippen LogP contribution in [-0.2, 0) is 0 Å². The molecule has 0 saturated carbocycles. The molecule has 0 saturated heterocycles. The maximum atomic E-state index is 11.2. The number of thiocarbonyl (C=S) groups is 1. The second kappa shape index (κ2) is 7.92. The molecule has 4 nitrogen and oxygen atoms in total. The Hall–Kier alpha value is -2.27. The average Bonchev–Trinajstić information content (AvgIpc) is 2.42. The highest BCUT2D eigenvalue weighted by Crippen LogP contribution is 1.96. The summed E-state index contributed by atoms with van der Waals surface area (Å²) in [7, 11) is 0. The number of carbonyl (C=O) groups excluding carboxylic acids is 1. The van der Waals surface area contributed by atoms with E-state index in [1.165, 1.54) is 0 Å². The van der Waals surface area contributed by atoms with Crippen LogP contribution in [0.2, 0.25) is 0 Å². The van der Waals surface area contributed by atoms with Gasteiger partial charge >= 0.3 is 0 Å². The highest BCUT2D eigenvalue weighted by Gasteiger charge is 2.03. The third-order valence-corrected chi connectivity index (χ3v) is 1.94. The van der Waals surface area contributed by atoms with Crippen molar-refractivity contribution in [3.8, 4) is 0 Å². The lowest BCUT2D eigenvalue weighted by Crippen LogP contribution is -2.34. The summed E-state index contributed by atoms with van der Waals surface area (Å²) in [6.07, 6.45) is 3.50. The Morgan fingerprint density at radius 1 is 1.06 bits per heavy atom. The van der Waals surface area contributed by atoms with Gasteiger partial charge in [0.25, 0.3) is 5.91 Å². The van der Waals surface area contributed by atoms with Crippen molar-refractivity contribution in [2.75, 3.05) is 0 Å². The lowest BCUT2D eigenvalue weighted by Gasteiger charge is -2.00. The Kier molecular flexibility index (Phi) is 6.07. The van der Waals surface area contributed by atoms with Crippen molar-refractivity contribution >= 4 is 23.2 Å². The number of nitrogens with zero attached hydrogens (tertiary/aromatic N) is 1. The van der Waals surface area contributed by atoms with Crippen LogP contribution in [-0.4, -0.2) is 16.0 Å². The highest BCUT2D eigenvalue weighted by atomic mass is 32.1. The number of amides is 1. The molecule has 2 rings (SSSR count). The van der Waals surface area contributed by atoms with E-state index in [9.17, 15) is 4.79 Å². The van der Waals surface area contributed by atoms with E-state index in [0.29, 0.717) is 5.56 Å². The van der Waals surface area contributed by atoms with E-state index in [4.69, 9.17) is 5.73 Å². The molecule has 0 radical (unpaired) electrons. The van der Waals surface area contributed by atoms with Crippen molar-refractivity contribution in [3.63, 3.8) is 0 Å². The molecule has 3 N–H and O–H groups in total. The third kappa shape index (κ3) is 5.72. The SMILES string of the molecule is NC(=S)NC(=O)c1ccccc1.c1ccncc1. The van der Waals surface area contributed by atoms with Gasteiger partial charge in [-0.2, -0.15) is 0 Å². The van der Waals surface area contributed by atoms with Gasteiger partial charge in [0.15, 0.2) is 5.11 Å². The lowest BCUT2D eigenvalue weighted by atomic mass is 10.2. The summed E-state index contributed by atoms with van der Waals surface area (Å²) in [5.74, 6) is -0.275. The van der Waals surface area contributed by atoms with Crippen LogP contribution in [0.15, 0.2) is 60.9 Å². The molecule has 0 aliphatic carbocycles. The van der Waals surface area contributed by atoms with Crippen molar-refractivity contribution in [2.45, 2.75) is 0 Å². The Balaban J connectivity index is 0.000000225. The number of aromatic nitrogens is 1. The highest BCUT2D eigenvalue weighted by molar-refractivity contribution is 7.80. The van der Waals surface area contributed by atoms with E-state index in [0.717, 1.165) is 0 Å². The van der Waals surface area contributed by atoms with Crippen LogP contribution in [0.25, 0.3) is 0 Å². The van der Waals surface area contributed by atoms with Crippen LogP contribution < -0.4 is 11.1 Å². The van der Waals surface area contributed by atoms with E-state index < -0.39 is 0 Å². The van der Waals surface area contributed by atoms with Crippen LogP contribution in [0, 0.1) is 0 Å². The molecule has 0 bridgehead atoms. The smallest absolute Gasteiger partial charge is 0.257 e. The summed E-state index contributed by atoms with van der Waals surface area (Å²) in [6.45, 7) is 0. The molecule has 92 valence electrons. The van der Waals surface area contributed by atoms with Gasteiger partial charge in [-0.3, -0.25) is 15.1 Å². The Labute approximate surface area is 111 Å². The number of pyridine rings is 1. The Morgan fingerprint density at radius 2 is 1.61 bits per heavy atom. The number of nitrogens with two attached hydrogens (primary N) is 1. The minimum absolute atomic E-state index is 0.0103. The summed E-state index contributed by atoms with van der Waals surface area (Å²) in [5, 5.41) is 2.32. The van der Waals surface area contributed by atoms with Crippen LogP contribution in [0.1, 0.15) is 10.4 Å². The van der Waals surface area contributed by atoms with Crippen LogP contribution in [0.3, 0.4) is 0 Å².